The quantitative estimate of drug-likeness (QED) is 0.250. The summed E-state index contributed by atoms with van der Waals surface area (Å²) in [6.45, 7) is 26.0. The molecule has 5 rings (SSSR count). The second-order valence-corrected chi connectivity index (χ2v) is 17.2. The Bertz CT molecular complexity index is 1740. The molecule has 0 saturated carbocycles. The van der Waals surface area contributed by atoms with Gasteiger partial charge in [0.05, 0.1) is 16.7 Å². The molecule has 3 aromatic carbocycles. The van der Waals surface area contributed by atoms with Crippen LogP contribution in [0.1, 0.15) is 111 Å². The van der Waals surface area contributed by atoms with Crippen LogP contribution in [-0.4, -0.2) is 15.3 Å². The number of aryl methyl sites for hydroxylation is 1. The zero-order valence-electron chi connectivity index (χ0n) is 29.0. The summed E-state index contributed by atoms with van der Waals surface area (Å²) in [6, 6.07) is 21.4. The number of fused-ring (bicyclic) bond motifs is 3. The summed E-state index contributed by atoms with van der Waals surface area (Å²) >= 11 is 0. The third-order valence-corrected chi connectivity index (χ3v) is 9.52. The normalized spacial score (nSPS) is 18.8. The van der Waals surface area contributed by atoms with Crippen molar-refractivity contribution in [3.63, 3.8) is 0 Å². The number of halogens is 1. The molecule has 2 nitrogen and oxygen atoms in total. The first-order chi connectivity index (χ1) is 20.1. The van der Waals surface area contributed by atoms with Crippen molar-refractivity contribution in [3.8, 4) is 0 Å². The van der Waals surface area contributed by atoms with Crippen LogP contribution in [0.3, 0.4) is 0 Å². The summed E-state index contributed by atoms with van der Waals surface area (Å²) in [4.78, 5) is 0. The van der Waals surface area contributed by atoms with Gasteiger partial charge in [-0.3, -0.25) is 0 Å². The van der Waals surface area contributed by atoms with E-state index >= 15 is 4.39 Å². The highest BCUT2D eigenvalue weighted by Gasteiger charge is 2.49. The number of benzene rings is 3. The molecule has 0 aliphatic heterocycles. The van der Waals surface area contributed by atoms with Crippen molar-refractivity contribution in [1.29, 1.82) is 0 Å². The lowest BCUT2D eigenvalue weighted by Gasteiger charge is -2.45. The molecule has 44 heavy (non-hydrogen) atoms. The summed E-state index contributed by atoms with van der Waals surface area (Å²) in [5.74, 6) is 0.150. The second-order valence-electron chi connectivity index (χ2n) is 17.2. The van der Waals surface area contributed by atoms with Crippen LogP contribution in [0.4, 0.5) is 4.39 Å². The van der Waals surface area contributed by atoms with Gasteiger partial charge in [-0.25, -0.2) is 4.39 Å². The van der Waals surface area contributed by atoms with E-state index in [0.29, 0.717) is 17.7 Å². The standard InChI is InChI=1S/C41H52FNO/c1-26-14-13-15-27(20-26)32-23-41(42,40(11,12)25-37(2,3)4)24-35(36(32)44)43-33-21-28(38(5,6)7)16-18-30(33)31-19-17-29(22-34(31)43)39(8,9)10/h13-23,44H,24-25H2,1-12H3. The Balaban J connectivity index is 1.90. The lowest BCUT2D eigenvalue weighted by molar-refractivity contribution is 0.0296. The summed E-state index contributed by atoms with van der Waals surface area (Å²) in [7, 11) is 0. The van der Waals surface area contributed by atoms with Crippen molar-refractivity contribution >= 4 is 33.1 Å². The molecule has 3 heteroatoms. The fourth-order valence-corrected chi connectivity index (χ4v) is 7.20. The molecule has 0 bridgehead atoms. The molecule has 1 unspecified atom stereocenters. The van der Waals surface area contributed by atoms with E-state index in [-0.39, 0.29) is 28.4 Å². The van der Waals surface area contributed by atoms with E-state index < -0.39 is 11.1 Å². The van der Waals surface area contributed by atoms with Crippen LogP contribution in [-0.2, 0) is 10.8 Å². The van der Waals surface area contributed by atoms with Gasteiger partial charge in [-0.05, 0) is 64.5 Å². The van der Waals surface area contributed by atoms with Gasteiger partial charge in [0.15, 0.2) is 0 Å². The molecule has 0 saturated heterocycles. The highest BCUT2D eigenvalue weighted by molar-refractivity contribution is 6.11. The zero-order chi connectivity index (χ0) is 32.6. The predicted octanol–water partition coefficient (Wildman–Crippen LogP) is 12.1. The highest BCUT2D eigenvalue weighted by atomic mass is 19.1. The Labute approximate surface area is 264 Å². The molecule has 1 aliphatic carbocycles. The summed E-state index contributed by atoms with van der Waals surface area (Å²) in [6.07, 6.45) is 2.49. The minimum absolute atomic E-state index is 0.0692. The SMILES string of the molecule is Cc1cccc(C2=CC(F)(C(C)(C)CC(C)(C)C)CC(n3c4cc(C(C)(C)C)ccc4c4ccc(C(C)(C)C)cc43)=C2O)c1. The molecule has 234 valence electrons. The second kappa shape index (κ2) is 10.4. The first-order valence-corrected chi connectivity index (χ1v) is 16.1. The smallest absolute Gasteiger partial charge is 0.143 e. The fraction of sp³-hybridized carbons (Fsp3) is 0.463. The van der Waals surface area contributed by atoms with Crippen LogP contribution >= 0.6 is 0 Å². The van der Waals surface area contributed by atoms with Crippen LogP contribution < -0.4 is 0 Å². The molecule has 1 N–H and O–H groups in total. The molecule has 0 fully saturated rings. The molecule has 0 radical (unpaired) electrons. The highest BCUT2D eigenvalue weighted by Crippen LogP contribution is 2.53. The number of hydrogen-bond acceptors (Lipinski definition) is 1. The molecule has 0 spiro atoms. The number of aromatic nitrogens is 1. The molecule has 1 atom stereocenters. The van der Waals surface area contributed by atoms with E-state index in [9.17, 15) is 5.11 Å². The maximum atomic E-state index is 18.0. The van der Waals surface area contributed by atoms with E-state index in [2.05, 4.69) is 103 Å². The van der Waals surface area contributed by atoms with Crippen molar-refractivity contribution < 1.29 is 9.50 Å². The average Bonchev–Trinajstić information content (AvgIpc) is 3.20. The van der Waals surface area contributed by atoms with Crippen LogP contribution in [0.25, 0.3) is 33.1 Å². The van der Waals surface area contributed by atoms with Crippen LogP contribution in [0.15, 0.2) is 72.5 Å². The van der Waals surface area contributed by atoms with Crippen molar-refractivity contribution in [2.45, 2.75) is 112 Å². The Kier molecular flexibility index (Phi) is 7.55. The van der Waals surface area contributed by atoms with Gasteiger partial charge >= 0.3 is 0 Å². The zero-order valence-corrected chi connectivity index (χ0v) is 29.0. The van der Waals surface area contributed by atoms with E-state index in [1.54, 1.807) is 6.08 Å². The minimum atomic E-state index is -1.70. The maximum Gasteiger partial charge on any atom is 0.143 e. The number of alkyl halides is 1. The van der Waals surface area contributed by atoms with Crippen LogP contribution in [0.5, 0.6) is 0 Å². The summed E-state index contributed by atoms with van der Waals surface area (Å²) in [5, 5.41) is 14.5. The third-order valence-electron chi connectivity index (χ3n) is 9.52. The van der Waals surface area contributed by atoms with Crippen molar-refractivity contribution in [1.82, 2.24) is 4.57 Å². The first-order valence-electron chi connectivity index (χ1n) is 16.1. The molecular formula is C41H52FNO. The molecule has 1 aromatic heterocycles. The maximum absolute atomic E-state index is 18.0. The Morgan fingerprint density at radius 3 is 1.73 bits per heavy atom. The third kappa shape index (κ3) is 5.75. The van der Waals surface area contributed by atoms with Gasteiger partial charge in [-0.1, -0.05) is 130 Å². The topological polar surface area (TPSA) is 25.2 Å². The first kappa shape index (κ1) is 32.1. The predicted molar refractivity (Wildman–Crippen MR) is 188 cm³/mol. The Morgan fingerprint density at radius 2 is 1.27 bits per heavy atom. The fourth-order valence-electron chi connectivity index (χ4n) is 7.20. The number of aliphatic hydroxyl groups excluding tert-OH is 1. The number of nitrogens with zero attached hydrogens (tertiary/aromatic N) is 1. The number of hydrogen-bond donors (Lipinski definition) is 1. The summed E-state index contributed by atoms with van der Waals surface area (Å²) in [5.41, 5.74) is 4.89. The van der Waals surface area contributed by atoms with E-state index in [1.807, 2.05) is 45.0 Å². The molecule has 1 aliphatic rings. The Morgan fingerprint density at radius 1 is 0.750 bits per heavy atom. The van der Waals surface area contributed by atoms with Gasteiger partial charge in [-0.2, -0.15) is 0 Å². The summed E-state index contributed by atoms with van der Waals surface area (Å²) < 4.78 is 20.2. The van der Waals surface area contributed by atoms with Crippen molar-refractivity contribution in [2.24, 2.45) is 10.8 Å². The van der Waals surface area contributed by atoms with Gasteiger partial charge in [0.2, 0.25) is 0 Å². The number of rotatable bonds is 4. The Hall–Kier alpha value is -3.33. The average molecular weight is 594 g/mol. The molecule has 1 heterocycles. The van der Waals surface area contributed by atoms with Gasteiger partial charge in [-0.15, -0.1) is 0 Å². The van der Waals surface area contributed by atoms with Crippen molar-refractivity contribution in [2.75, 3.05) is 0 Å². The van der Waals surface area contributed by atoms with Gasteiger partial charge in [0.25, 0.3) is 0 Å². The largest absolute Gasteiger partial charge is 0.505 e. The van der Waals surface area contributed by atoms with E-state index in [4.69, 9.17) is 0 Å². The lowest BCUT2D eigenvalue weighted by atomic mass is 9.64. The monoisotopic (exact) mass is 593 g/mol. The van der Waals surface area contributed by atoms with Crippen LogP contribution in [0, 0.1) is 17.8 Å². The molecule has 4 aromatic rings. The number of aliphatic hydroxyl groups is 1. The van der Waals surface area contributed by atoms with Gasteiger partial charge in [0, 0.05) is 28.2 Å². The molecule has 0 amide bonds. The van der Waals surface area contributed by atoms with E-state index in [0.717, 1.165) is 32.9 Å². The van der Waals surface area contributed by atoms with Gasteiger partial charge < -0.3 is 9.67 Å². The van der Waals surface area contributed by atoms with Crippen molar-refractivity contribution in [3.05, 3.63) is 94.8 Å². The number of allylic oxidation sites excluding steroid dienone is 3. The lowest BCUT2D eigenvalue weighted by Crippen LogP contribution is -2.43. The minimum Gasteiger partial charge on any atom is -0.505 e. The van der Waals surface area contributed by atoms with Crippen LogP contribution in [0.2, 0.25) is 0 Å². The van der Waals surface area contributed by atoms with Gasteiger partial charge in [0.1, 0.15) is 11.4 Å². The van der Waals surface area contributed by atoms with E-state index in [1.165, 1.54) is 11.1 Å². The molecular weight excluding hydrogens is 541 g/mol.